The highest BCUT2D eigenvalue weighted by Gasteiger charge is 2.48. The number of carbonyl (C=O) groups excluding carboxylic acids is 1. The van der Waals surface area contributed by atoms with E-state index in [-0.39, 0.29) is 19.0 Å². The molecule has 4 nitrogen and oxygen atoms in total. The molecule has 0 aromatic heterocycles. The highest BCUT2D eigenvalue weighted by atomic mass is 16.5. The van der Waals surface area contributed by atoms with E-state index in [1.807, 2.05) is 48.5 Å². The van der Waals surface area contributed by atoms with Crippen molar-refractivity contribution in [2.45, 2.75) is 11.8 Å². The molecule has 0 bridgehead atoms. The van der Waals surface area contributed by atoms with Crippen molar-refractivity contribution < 1.29 is 19.4 Å². The average Bonchev–Trinajstić information content (AvgIpc) is 2.54. The van der Waals surface area contributed by atoms with Crippen LogP contribution < -0.4 is 4.74 Å². The summed E-state index contributed by atoms with van der Waals surface area (Å²) in [7, 11) is 1.36. The predicted molar refractivity (Wildman–Crippen MR) is 77.5 cm³/mol. The second-order valence-electron chi connectivity index (χ2n) is 4.96. The Morgan fingerprint density at radius 1 is 1.10 bits per heavy atom. The van der Waals surface area contributed by atoms with Gasteiger partial charge in [-0.25, -0.2) is 0 Å². The highest BCUT2D eigenvalue weighted by Crippen LogP contribution is 2.50. The highest BCUT2D eigenvalue weighted by molar-refractivity contribution is 5.90. The van der Waals surface area contributed by atoms with Gasteiger partial charge in [-0.15, -0.1) is 0 Å². The van der Waals surface area contributed by atoms with Crippen LogP contribution in [0.15, 0.2) is 48.5 Å². The molecule has 0 amide bonds. The second-order valence-corrected chi connectivity index (χ2v) is 4.96. The molecule has 3 rings (SSSR count). The van der Waals surface area contributed by atoms with Gasteiger partial charge in [-0.3, -0.25) is 4.79 Å². The topological polar surface area (TPSA) is 55.8 Å². The Morgan fingerprint density at radius 3 is 2.10 bits per heavy atom. The van der Waals surface area contributed by atoms with Gasteiger partial charge in [0.25, 0.3) is 0 Å². The minimum absolute atomic E-state index is 0.127. The molecule has 0 saturated heterocycles. The Bertz CT molecular complexity index is 632. The van der Waals surface area contributed by atoms with Gasteiger partial charge in [0, 0.05) is 17.7 Å². The lowest BCUT2D eigenvalue weighted by molar-refractivity contribution is -0.146. The molecule has 0 saturated carbocycles. The number of hydrogen-bond acceptors (Lipinski definition) is 4. The number of aliphatic hydroxyl groups excluding tert-OH is 1. The van der Waals surface area contributed by atoms with Crippen molar-refractivity contribution in [3.63, 3.8) is 0 Å². The molecule has 1 aliphatic rings. The zero-order chi connectivity index (χ0) is 14.9. The van der Waals surface area contributed by atoms with Gasteiger partial charge >= 0.3 is 5.97 Å². The molecule has 0 fully saturated rings. The smallest absolute Gasteiger partial charge is 0.321 e. The number of esters is 1. The summed E-state index contributed by atoms with van der Waals surface area (Å²) >= 11 is 0. The van der Waals surface area contributed by atoms with Crippen molar-refractivity contribution >= 4 is 5.97 Å². The van der Waals surface area contributed by atoms with Crippen LogP contribution in [-0.2, 0) is 14.9 Å². The fourth-order valence-electron chi connectivity index (χ4n) is 3.01. The van der Waals surface area contributed by atoms with Crippen molar-refractivity contribution in [2.24, 2.45) is 0 Å². The van der Waals surface area contributed by atoms with E-state index in [2.05, 4.69) is 0 Å². The van der Waals surface area contributed by atoms with Crippen LogP contribution in [0.3, 0.4) is 0 Å². The normalized spacial score (nSPS) is 14.6. The number of carbonyl (C=O) groups is 1. The SMILES string of the molecule is COC(=O)C1(CCO)c2ccccc2Oc2ccccc21. The van der Waals surface area contributed by atoms with Crippen molar-refractivity contribution in [3.8, 4) is 11.5 Å². The van der Waals surface area contributed by atoms with E-state index in [4.69, 9.17) is 9.47 Å². The first-order chi connectivity index (χ1) is 10.2. The van der Waals surface area contributed by atoms with Crippen LogP contribution in [0.4, 0.5) is 0 Å². The fourth-order valence-corrected chi connectivity index (χ4v) is 3.01. The number of benzene rings is 2. The zero-order valence-corrected chi connectivity index (χ0v) is 11.7. The molecule has 0 atom stereocenters. The van der Waals surface area contributed by atoms with Crippen LogP contribution in [0, 0.1) is 0 Å². The number of ether oxygens (including phenoxy) is 2. The summed E-state index contributed by atoms with van der Waals surface area (Å²) in [6.45, 7) is -0.127. The van der Waals surface area contributed by atoms with Gasteiger partial charge in [0.1, 0.15) is 16.9 Å². The van der Waals surface area contributed by atoms with Crippen molar-refractivity contribution in [1.29, 1.82) is 0 Å². The summed E-state index contributed by atoms with van der Waals surface area (Å²) in [4.78, 5) is 12.6. The summed E-state index contributed by atoms with van der Waals surface area (Å²) in [5.41, 5.74) is 0.420. The number of aliphatic hydroxyl groups is 1. The van der Waals surface area contributed by atoms with E-state index in [9.17, 15) is 9.90 Å². The summed E-state index contributed by atoms with van der Waals surface area (Å²) in [5, 5.41) is 9.53. The monoisotopic (exact) mass is 284 g/mol. The third-order valence-corrected chi connectivity index (χ3v) is 3.93. The minimum Gasteiger partial charge on any atom is -0.468 e. The Balaban J connectivity index is 2.33. The maximum absolute atomic E-state index is 12.6. The van der Waals surface area contributed by atoms with Gasteiger partial charge < -0.3 is 14.6 Å². The van der Waals surface area contributed by atoms with E-state index in [1.165, 1.54) is 7.11 Å². The maximum atomic E-state index is 12.6. The number of rotatable bonds is 3. The molecule has 2 aromatic rings. The number of methoxy groups -OCH3 is 1. The first-order valence-electron chi connectivity index (χ1n) is 6.80. The molecule has 21 heavy (non-hydrogen) atoms. The molecular weight excluding hydrogens is 268 g/mol. The lowest BCUT2D eigenvalue weighted by atomic mass is 9.70. The van der Waals surface area contributed by atoms with Crippen LogP contribution in [0.1, 0.15) is 17.5 Å². The van der Waals surface area contributed by atoms with Crippen molar-refractivity contribution in [3.05, 3.63) is 59.7 Å². The summed E-state index contributed by atoms with van der Waals surface area (Å²) < 4.78 is 10.9. The Kier molecular flexibility index (Phi) is 3.39. The van der Waals surface area contributed by atoms with Gasteiger partial charge in [-0.2, -0.15) is 0 Å². The third-order valence-electron chi connectivity index (χ3n) is 3.93. The minimum atomic E-state index is -1.03. The lowest BCUT2D eigenvalue weighted by Gasteiger charge is -2.37. The van der Waals surface area contributed by atoms with Gasteiger partial charge in [0.15, 0.2) is 0 Å². The van der Waals surface area contributed by atoms with E-state index in [1.54, 1.807) is 0 Å². The molecule has 0 aliphatic carbocycles. The number of para-hydroxylation sites is 2. The van der Waals surface area contributed by atoms with Crippen LogP contribution in [0.5, 0.6) is 11.5 Å². The second kappa shape index (κ2) is 5.22. The molecule has 0 unspecified atom stereocenters. The molecule has 0 spiro atoms. The summed E-state index contributed by atoms with van der Waals surface area (Å²) in [6, 6.07) is 14.7. The molecule has 1 N–H and O–H groups in total. The van der Waals surface area contributed by atoms with Crippen LogP contribution in [-0.4, -0.2) is 24.8 Å². The van der Waals surface area contributed by atoms with Gasteiger partial charge in [0.05, 0.1) is 7.11 Å². The third kappa shape index (κ3) is 1.91. The summed E-state index contributed by atoms with van der Waals surface area (Å²) in [6.07, 6.45) is 0.247. The fraction of sp³-hybridized carbons (Fsp3) is 0.235. The van der Waals surface area contributed by atoms with Crippen molar-refractivity contribution in [1.82, 2.24) is 0 Å². The average molecular weight is 284 g/mol. The van der Waals surface area contributed by atoms with Crippen LogP contribution in [0.2, 0.25) is 0 Å². The Labute approximate surface area is 122 Å². The van der Waals surface area contributed by atoms with Crippen LogP contribution in [0.25, 0.3) is 0 Å². The zero-order valence-electron chi connectivity index (χ0n) is 11.7. The largest absolute Gasteiger partial charge is 0.468 e. The molecule has 1 heterocycles. The number of fused-ring (bicyclic) bond motifs is 2. The van der Waals surface area contributed by atoms with Gasteiger partial charge in [-0.1, -0.05) is 36.4 Å². The summed E-state index contributed by atoms with van der Waals surface area (Å²) in [5.74, 6) is 0.852. The quantitative estimate of drug-likeness (QED) is 0.880. The van der Waals surface area contributed by atoms with E-state index in [0.29, 0.717) is 11.5 Å². The first-order valence-corrected chi connectivity index (χ1v) is 6.80. The molecule has 4 heteroatoms. The standard InChI is InChI=1S/C17H16O4/c1-20-16(19)17(10-11-18)12-6-2-4-8-14(12)21-15-9-5-3-7-13(15)17/h2-9,18H,10-11H2,1H3. The predicted octanol–water partition coefficient (Wildman–Crippen LogP) is 2.63. The first kappa shape index (κ1) is 13.6. The molecule has 1 aliphatic heterocycles. The van der Waals surface area contributed by atoms with E-state index < -0.39 is 5.41 Å². The molecule has 0 radical (unpaired) electrons. The van der Waals surface area contributed by atoms with Gasteiger partial charge in [-0.05, 0) is 18.6 Å². The van der Waals surface area contributed by atoms with E-state index >= 15 is 0 Å². The molecule has 2 aromatic carbocycles. The van der Waals surface area contributed by atoms with Crippen LogP contribution >= 0.6 is 0 Å². The Morgan fingerprint density at radius 2 is 1.62 bits per heavy atom. The molecular formula is C17H16O4. The molecule has 108 valence electrons. The van der Waals surface area contributed by atoms with E-state index in [0.717, 1.165) is 11.1 Å². The Hall–Kier alpha value is -2.33. The maximum Gasteiger partial charge on any atom is 0.321 e. The van der Waals surface area contributed by atoms with Gasteiger partial charge in [0.2, 0.25) is 0 Å². The van der Waals surface area contributed by atoms with Crippen molar-refractivity contribution in [2.75, 3.05) is 13.7 Å². The number of hydrogen-bond donors (Lipinski definition) is 1. The lowest BCUT2D eigenvalue weighted by Crippen LogP contribution is -2.41.